The standard InChI is InChI=1S/C15H21NO4/c17-11-4-2-1-3-10(11)16-14(18)12-8-5-6-9(7-8)13(12)15(19)20/h5-6,8-13,17H,1-4,7H2,(H,16,18)(H,19,20)/t8?,9?,10-,11-,12?,13?/m1/s1. The second-order valence-electron chi connectivity index (χ2n) is 6.31. The number of carboxylic acid groups (broad SMARTS) is 1. The quantitative estimate of drug-likeness (QED) is 0.671. The molecule has 3 aliphatic carbocycles. The summed E-state index contributed by atoms with van der Waals surface area (Å²) in [5.74, 6) is -2.12. The molecule has 3 aliphatic rings. The summed E-state index contributed by atoms with van der Waals surface area (Å²) >= 11 is 0. The van der Waals surface area contributed by atoms with Crippen molar-refractivity contribution >= 4 is 11.9 Å². The number of rotatable bonds is 3. The second kappa shape index (κ2) is 5.20. The summed E-state index contributed by atoms with van der Waals surface area (Å²) < 4.78 is 0. The number of fused-ring (bicyclic) bond motifs is 2. The predicted molar refractivity (Wildman–Crippen MR) is 71.8 cm³/mol. The summed E-state index contributed by atoms with van der Waals surface area (Å²) in [7, 11) is 0. The Morgan fingerprint density at radius 3 is 2.35 bits per heavy atom. The van der Waals surface area contributed by atoms with Crippen LogP contribution < -0.4 is 5.32 Å². The molecule has 1 amide bonds. The van der Waals surface area contributed by atoms with Gasteiger partial charge in [-0.1, -0.05) is 25.0 Å². The van der Waals surface area contributed by atoms with E-state index in [1.54, 1.807) is 0 Å². The van der Waals surface area contributed by atoms with Crippen LogP contribution in [0, 0.1) is 23.7 Å². The van der Waals surface area contributed by atoms with Crippen molar-refractivity contribution in [2.75, 3.05) is 0 Å². The Kier molecular flexibility index (Phi) is 3.54. The van der Waals surface area contributed by atoms with E-state index in [2.05, 4.69) is 5.32 Å². The number of carbonyl (C=O) groups is 2. The van der Waals surface area contributed by atoms with Crippen LogP contribution >= 0.6 is 0 Å². The molecule has 0 saturated heterocycles. The largest absolute Gasteiger partial charge is 0.481 e. The van der Waals surface area contributed by atoms with Gasteiger partial charge in [-0.2, -0.15) is 0 Å². The lowest BCUT2D eigenvalue weighted by atomic mass is 9.82. The highest BCUT2D eigenvalue weighted by molar-refractivity contribution is 5.87. The van der Waals surface area contributed by atoms with Crippen LogP contribution in [0.25, 0.3) is 0 Å². The van der Waals surface area contributed by atoms with Crippen LogP contribution in [0.5, 0.6) is 0 Å². The molecule has 3 N–H and O–H groups in total. The van der Waals surface area contributed by atoms with Gasteiger partial charge < -0.3 is 15.5 Å². The molecular formula is C15H21NO4. The first-order valence-electron chi connectivity index (χ1n) is 7.47. The van der Waals surface area contributed by atoms with Crippen molar-refractivity contribution in [3.8, 4) is 0 Å². The SMILES string of the molecule is O=C(O)C1C2C=CC(C2)C1C(=O)N[C@@H]1CCCC[C@H]1O. The van der Waals surface area contributed by atoms with E-state index in [9.17, 15) is 19.8 Å². The Hall–Kier alpha value is -1.36. The topological polar surface area (TPSA) is 86.6 Å². The summed E-state index contributed by atoms with van der Waals surface area (Å²) in [6.45, 7) is 0. The lowest BCUT2D eigenvalue weighted by Gasteiger charge is -2.31. The number of nitrogens with one attached hydrogen (secondary N) is 1. The fraction of sp³-hybridized carbons (Fsp3) is 0.733. The van der Waals surface area contributed by atoms with Gasteiger partial charge in [-0.3, -0.25) is 9.59 Å². The first kappa shape index (κ1) is 13.6. The van der Waals surface area contributed by atoms with E-state index in [4.69, 9.17) is 0 Å². The molecule has 0 radical (unpaired) electrons. The Bertz CT molecular complexity index is 447. The summed E-state index contributed by atoms with van der Waals surface area (Å²) in [5, 5.41) is 22.2. The fourth-order valence-corrected chi connectivity index (χ4v) is 4.07. The van der Waals surface area contributed by atoms with Gasteiger partial charge in [0.2, 0.25) is 5.91 Å². The molecule has 0 aromatic heterocycles. The Balaban J connectivity index is 1.70. The predicted octanol–water partition coefficient (Wildman–Crippen LogP) is 0.929. The zero-order valence-electron chi connectivity index (χ0n) is 11.4. The molecule has 5 nitrogen and oxygen atoms in total. The normalized spacial score (nSPS) is 42.6. The highest BCUT2D eigenvalue weighted by atomic mass is 16.4. The molecule has 2 bridgehead atoms. The van der Waals surface area contributed by atoms with Gasteiger partial charge in [-0.05, 0) is 31.1 Å². The third kappa shape index (κ3) is 2.24. The lowest BCUT2D eigenvalue weighted by Crippen LogP contribution is -2.49. The van der Waals surface area contributed by atoms with E-state index in [0.29, 0.717) is 6.42 Å². The van der Waals surface area contributed by atoms with Crippen molar-refractivity contribution < 1.29 is 19.8 Å². The van der Waals surface area contributed by atoms with Gasteiger partial charge in [0.05, 0.1) is 24.0 Å². The molecule has 0 heterocycles. The maximum absolute atomic E-state index is 12.4. The van der Waals surface area contributed by atoms with Crippen LogP contribution in [-0.2, 0) is 9.59 Å². The van der Waals surface area contributed by atoms with E-state index < -0.39 is 23.9 Å². The number of carbonyl (C=O) groups excluding carboxylic acids is 1. The molecular weight excluding hydrogens is 258 g/mol. The van der Waals surface area contributed by atoms with Crippen LogP contribution in [0.1, 0.15) is 32.1 Å². The molecule has 0 aromatic carbocycles. The number of aliphatic hydroxyl groups is 1. The Morgan fingerprint density at radius 2 is 1.70 bits per heavy atom. The molecule has 5 heteroatoms. The van der Waals surface area contributed by atoms with Crippen LogP contribution in [0.2, 0.25) is 0 Å². The average molecular weight is 279 g/mol. The highest BCUT2D eigenvalue weighted by Gasteiger charge is 2.52. The highest BCUT2D eigenvalue weighted by Crippen LogP contribution is 2.48. The second-order valence-corrected chi connectivity index (χ2v) is 6.31. The van der Waals surface area contributed by atoms with Crippen LogP contribution in [-0.4, -0.2) is 34.2 Å². The minimum absolute atomic E-state index is 0.00970. The summed E-state index contributed by atoms with van der Waals surface area (Å²) in [6.07, 6.45) is 7.66. The zero-order valence-corrected chi connectivity index (χ0v) is 11.4. The maximum atomic E-state index is 12.4. The molecule has 2 saturated carbocycles. The molecule has 3 rings (SSSR count). The minimum Gasteiger partial charge on any atom is -0.481 e. The van der Waals surface area contributed by atoms with Gasteiger partial charge in [0.25, 0.3) is 0 Å². The number of aliphatic hydroxyl groups excluding tert-OH is 1. The Labute approximate surface area is 118 Å². The molecule has 4 unspecified atom stereocenters. The van der Waals surface area contributed by atoms with Crippen LogP contribution in [0.4, 0.5) is 0 Å². The number of allylic oxidation sites excluding steroid dienone is 2. The smallest absolute Gasteiger partial charge is 0.307 e. The van der Waals surface area contributed by atoms with Crippen molar-refractivity contribution in [2.24, 2.45) is 23.7 Å². The van der Waals surface area contributed by atoms with Crippen molar-refractivity contribution in [3.63, 3.8) is 0 Å². The average Bonchev–Trinajstić information content (AvgIpc) is 3.01. The number of carboxylic acids is 1. The van der Waals surface area contributed by atoms with Crippen LogP contribution in [0.3, 0.4) is 0 Å². The minimum atomic E-state index is -0.883. The summed E-state index contributed by atoms with van der Waals surface area (Å²) in [5.41, 5.74) is 0. The third-order valence-corrected chi connectivity index (χ3v) is 5.10. The van der Waals surface area contributed by atoms with Crippen molar-refractivity contribution in [1.29, 1.82) is 0 Å². The van der Waals surface area contributed by atoms with Gasteiger partial charge in [-0.15, -0.1) is 0 Å². The molecule has 20 heavy (non-hydrogen) atoms. The molecule has 0 aromatic rings. The van der Waals surface area contributed by atoms with E-state index in [0.717, 1.165) is 25.7 Å². The number of amides is 1. The number of hydrogen-bond acceptors (Lipinski definition) is 3. The van der Waals surface area contributed by atoms with Crippen molar-refractivity contribution in [1.82, 2.24) is 5.32 Å². The number of hydrogen-bond donors (Lipinski definition) is 3. The molecule has 0 spiro atoms. The van der Waals surface area contributed by atoms with Crippen molar-refractivity contribution in [2.45, 2.75) is 44.2 Å². The first-order chi connectivity index (χ1) is 9.58. The van der Waals surface area contributed by atoms with Gasteiger partial charge in [0, 0.05) is 0 Å². The zero-order chi connectivity index (χ0) is 14.3. The molecule has 0 aliphatic heterocycles. The third-order valence-electron chi connectivity index (χ3n) is 5.10. The van der Waals surface area contributed by atoms with Gasteiger partial charge in [0.1, 0.15) is 0 Å². The van der Waals surface area contributed by atoms with E-state index in [-0.39, 0.29) is 23.8 Å². The number of aliphatic carboxylic acids is 1. The lowest BCUT2D eigenvalue weighted by molar-refractivity contribution is -0.148. The summed E-state index contributed by atoms with van der Waals surface area (Å²) in [6, 6.07) is -0.214. The summed E-state index contributed by atoms with van der Waals surface area (Å²) in [4.78, 5) is 23.8. The maximum Gasteiger partial charge on any atom is 0.307 e. The van der Waals surface area contributed by atoms with Crippen LogP contribution in [0.15, 0.2) is 12.2 Å². The molecule has 2 fully saturated rings. The van der Waals surface area contributed by atoms with Gasteiger partial charge in [-0.25, -0.2) is 0 Å². The molecule has 110 valence electrons. The first-order valence-corrected chi connectivity index (χ1v) is 7.47. The van der Waals surface area contributed by atoms with E-state index >= 15 is 0 Å². The van der Waals surface area contributed by atoms with Gasteiger partial charge >= 0.3 is 5.97 Å². The fourth-order valence-electron chi connectivity index (χ4n) is 4.07. The van der Waals surface area contributed by atoms with Gasteiger partial charge in [0.15, 0.2) is 0 Å². The molecule has 6 atom stereocenters. The van der Waals surface area contributed by atoms with Crippen molar-refractivity contribution in [3.05, 3.63) is 12.2 Å². The Morgan fingerprint density at radius 1 is 1.05 bits per heavy atom. The van der Waals surface area contributed by atoms with E-state index in [1.807, 2.05) is 12.2 Å². The monoisotopic (exact) mass is 279 g/mol. The van der Waals surface area contributed by atoms with E-state index in [1.165, 1.54) is 0 Å².